The van der Waals surface area contributed by atoms with Gasteiger partial charge in [-0.05, 0) is 90.0 Å². The molecule has 6 nitrogen and oxygen atoms in total. The van der Waals surface area contributed by atoms with Gasteiger partial charge in [0.25, 0.3) is 0 Å². The van der Waals surface area contributed by atoms with Crippen LogP contribution in [0, 0.1) is 0 Å². The fraction of sp³-hybridized carbons (Fsp3) is 0.887. The van der Waals surface area contributed by atoms with Crippen molar-refractivity contribution in [1.82, 2.24) is 0 Å². The van der Waals surface area contributed by atoms with Gasteiger partial charge in [-0.15, -0.1) is 0 Å². The van der Waals surface area contributed by atoms with Crippen molar-refractivity contribution in [2.24, 2.45) is 0 Å². The molecule has 344 valence electrons. The van der Waals surface area contributed by atoms with E-state index >= 15 is 0 Å². The summed E-state index contributed by atoms with van der Waals surface area (Å²) < 4.78 is 17.9. The van der Waals surface area contributed by atoms with Gasteiger partial charge in [0.15, 0.2) is 0 Å². The van der Waals surface area contributed by atoms with E-state index in [2.05, 4.69) is 26.0 Å². The second-order valence-electron chi connectivity index (χ2n) is 18.6. The SMILES string of the molecule is CCCCCCCC/C=C\CCCCCCCC(=O)O[C@H](CCCCCCCCCCCCC1=C[C@H](C)OC1=O)[C@H]1CC[C@H]([C@H](O)CCCCCCCCCCCC)O1. The number of carbonyl (C=O) groups is 2. The van der Waals surface area contributed by atoms with Crippen molar-refractivity contribution in [1.29, 1.82) is 0 Å². The van der Waals surface area contributed by atoms with Crippen LogP contribution in [0.1, 0.15) is 271 Å². The zero-order valence-corrected chi connectivity index (χ0v) is 39.2. The quantitative estimate of drug-likeness (QED) is 0.0375. The highest BCUT2D eigenvalue weighted by molar-refractivity contribution is 5.90. The molecule has 0 aliphatic carbocycles. The van der Waals surface area contributed by atoms with E-state index in [4.69, 9.17) is 14.2 Å². The number of allylic oxidation sites excluding steroid dienone is 2. The number of unbranched alkanes of at least 4 members (excludes halogenated alkanes) is 29. The third-order valence-electron chi connectivity index (χ3n) is 12.9. The Morgan fingerprint density at radius 1 is 0.627 bits per heavy atom. The lowest BCUT2D eigenvalue weighted by Crippen LogP contribution is -2.34. The number of rotatable bonds is 42. The van der Waals surface area contributed by atoms with Crippen LogP contribution in [0.3, 0.4) is 0 Å². The molecule has 0 unspecified atom stereocenters. The number of hydrogen-bond donors (Lipinski definition) is 1. The summed E-state index contributed by atoms with van der Waals surface area (Å²) in [5.41, 5.74) is 0.865. The Morgan fingerprint density at radius 2 is 1.07 bits per heavy atom. The van der Waals surface area contributed by atoms with E-state index in [1.165, 1.54) is 173 Å². The second-order valence-corrected chi connectivity index (χ2v) is 18.6. The molecular formula is C53H96O6. The van der Waals surface area contributed by atoms with Gasteiger partial charge in [-0.25, -0.2) is 4.79 Å². The smallest absolute Gasteiger partial charge is 0.334 e. The predicted molar refractivity (Wildman–Crippen MR) is 249 cm³/mol. The van der Waals surface area contributed by atoms with Gasteiger partial charge in [0.2, 0.25) is 0 Å². The van der Waals surface area contributed by atoms with Crippen molar-refractivity contribution in [2.45, 2.75) is 302 Å². The van der Waals surface area contributed by atoms with E-state index < -0.39 is 6.10 Å². The number of aliphatic hydroxyl groups excluding tert-OH is 1. The Hall–Kier alpha value is -1.66. The van der Waals surface area contributed by atoms with Crippen LogP contribution in [-0.2, 0) is 23.8 Å². The van der Waals surface area contributed by atoms with Crippen molar-refractivity contribution >= 4 is 11.9 Å². The third kappa shape index (κ3) is 29.3. The van der Waals surface area contributed by atoms with Crippen molar-refractivity contribution < 1.29 is 28.9 Å². The molecule has 1 fully saturated rings. The maximum atomic E-state index is 13.1. The molecule has 6 heteroatoms. The molecule has 0 spiro atoms. The minimum absolute atomic E-state index is 0.0586. The summed E-state index contributed by atoms with van der Waals surface area (Å²) in [5.74, 6) is -0.190. The molecule has 0 amide bonds. The molecule has 2 aliphatic heterocycles. The van der Waals surface area contributed by atoms with Crippen LogP contribution in [0.5, 0.6) is 0 Å². The fourth-order valence-electron chi connectivity index (χ4n) is 9.05. The van der Waals surface area contributed by atoms with Gasteiger partial charge in [-0.3, -0.25) is 4.79 Å². The van der Waals surface area contributed by atoms with Gasteiger partial charge in [0.1, 0.15) is 12.2 Å². The molecule has 0 aromatic heterocycles. The standard InChI is InChI=1S/C53H96O6/c1-4-6-8-10-12-14-16-17-18-19-20-26-30-34-38-42-52(55)59-50(41-37-33-29-25-22-21-23-27-31-35-39-47-45-46(3)57-53(47)56)51-44-43-49(58-51)48(54)40-36-32-28-24-15-13-11-9-7-5-2/h17-18,45-46,48-51,54H,4-16,19-44H2,1-3H3/b18-17-/t46-,48+,49+,50+,51+/m0/s1. The van der Waals surface area contributed by atoms with Crippen LogP contribution < -0.4 is 0 Å². The number of hydrogen-bond acceptors (Lipinski definition) is 6. The molecule has 0 saturated carbocycles. The monoisotopic (exact) mass is 829 g/mol. The summed E-state index contributed by atoms with van der Waals surface area (Å²) in [6.07, 6.45) is 51.7. The van der Waals surface area contributed by atoms with Crippen LogP contribution in [0.2, 0.25) is 0 Å². The first-order valence-electron chi connectivity index (χ1n) is 26.0. The van der Waals surface area contributed by atoms with E-state index in [-0.39, 0.29) is 36.4 Å². The van der Waals surface area contributed by atoms with E-state index in [0.29, 0.717) is 6.42 Å². The predicted octanol–water partition coefficient (Wildman–Crippen LogP) is 15.7. The first-order chi connectivity index (χ1) is 28.9. The lowest BCUT2D eigenvalue weighted by Gasteiger charge is -2.26. The summed E-state index contributed by atoms with van der Waals surface area (Å²) in [6.45, 7) is 6.47. The van der Waals surface area contributed by atoms with E-state index in [1.54, 1.807) is 0 Å². The maximum absolute atomic E-state index is 13.1. The van der Waals surface area contributed by atoms with Gasteiger partial charge >= 0.3 is 11.9 Å². The largest absolute Gasteiger partial charge is 0.460 e. The van der Waals surface area contributed by atoms with Crippen molar-refractivity contribution in [2.75, 3.05) is 0 Å². The van der Waals surface area contributed by atoms with Gasteiger partial charge in [-0.2, -0.15) is 0 Å². The maximum Gasteiger partial charge on any atom is 0.334 e. The summed E-state index contributed by atoms with van der Waals surface area (Å²) in [6, 6.07) is 0. The highest BCUT2D eigenvalue weighted by Gasteiger charge is 2.36. The highest BCUT2D eigenvalue weighted by Crippen LogP contribution is 2.30. The molecule has 0 aromatic rings. The molecular weight excluding hydrogens is 733 g/mol. The van der Waals surface area contributed by atoms with Crippen LogP contribution in [0.15, 0.2) is 23.8 Å². The molecule has 2 rings (SSSR count). The molecule has 0 radical (unpaired) electrons. The van der Waals surface area contributed by atoms with E-state index in [9.17, 15) is 14.7 Å². The van der Waals surface area contributed by atoms with Crippen LogP contribution in [-0.4, -0.2) is 47.6 Å². The van der Waals surface area contributed by atoms with Crippen LogP contribution >= 0.6 is 0 Å². The molecule has 1 N–H and O–H groups in total. The van der Waals surface area contributed by atoms with Gasteiger partial charge in [-0.1, -0.05) is 193 Å². The Bertz CT molecular complexity index is 1050. The lowest BCUT2D eigenvalue weighted by molar-refractivity contribution is -0.160. The second kappa shape index (κ2) is 38.0. The summed E-state index contributed by atoms with van der Waals surface area (Å²) in [5, 5.41) is 11.0. The first-order valence-corrected chi connectivity index (χ1v) is 26.0. The van der Waals surface area contributed by atoms with Gasteiger partial charge < -0.3 is 19.3 Å². The third-order valence-corrected chi connectivity index (χ3v) is 12.9. The molecule has 2 heterocycles. The summed E-state index contributed by atoms with van der Waals surface area (Å²) >= 11 is 0. The summed E-state index contributed by atoms with van der Waals surface area (Å²) in [7, 11) is 0. The van der Waals surface area contributed by atoms with E-state index in [1.807, 2.05) is 13.0 Å². The minimum Gasteiger partial charge on any atom is -0.460 e. The Balaban J connectivity index is 1.62. The normalized spacial score (nSPS) is 19.1. The van der Waals surface area contributed by atoms with Crippen molar-refractivity contribution in [3.63, 3.8) is 0 Å². The first kappa shape index (κ1) is 53.5. The van der Waals surface area contributed by atoms with Crippen LogP contribution in [0.4, 0.5) is 0 Å². The number of cyclic esters (lactones) is 1. The average Bonchev–Trinajstić information content (AvgIpc) is 3.85. The molecule has 0 bridgehead atoms. The average molecular weight is 829 g/mol. The van der Waals surface area contributed by atoms with Gasteiger partial charge in [0, 0.05) is 12.0 Å². The summed E-state index contributed by atoms with van der Waals surface area (Å²) in [4.78, 5) is 24.9. The highest BCUT2D eigenvalue weighted by atomic mass is 16.6. The topological polar surface area (TPSA) is 82.1 Å². The lowest BCUT2D eigenvalue weighted by atomic mass is 9.99. The number of ether oxygens (including phenoxy) is 3. The van der Waals surface area contributed by atoms with Crippen LogP contribution in [0.25, 0.3) is 0 Å². The van der Waals surface area contributed by atoms with E-state index in [0.717, 1.165) is 76.2 Å². The fourth-order valence-corrected chi connectivity index (χ4v) is 9.05. The van der Waals surface area contributed by atoms with Crippen molar-refractivity contribution in [3.05, 3.63) is 23.8 Å². The Morgan fingerprint density at radius 3 is 1.58 bits per heavy atom. The molecule has 0 aromatic carbocycles. The molecule has 5 atom stereocenters. The number of aliphatic hydroxyl groups is 1. The Kier molecular flexibility index (Phi) is 34.5. The zero-order valence-electron chi connectivity index (χ0n) is 39.2. The number of carbonyl (C=O) groups excluding carboxylic acids is 2. The molecule has 59 heavy (non-hydrogen) atoms. The zero-order chi connectivity index (χ0) is 42.4. The Labute approximate surface area is 365 Å². The molecule has 1 saturated heterocycles. The number of esters is 2. The van der Waals surface area contributed by atoms with Crippen molar-refractivity contribution in [3.8, 4) is 0 Å². The van der Waals surface area contributed by atoms with Gasteiger partial charge in [0.05, 0.1) is 18.3 Å². The minimum atomic E-state index is -0.423. The molecule has 2 aliphatic rings.